The Labute approximate surface area is 193 Å². The molecule has 2 aliphatic heterocycles. The van der Waals surface area contributed by atoms with E-state index in [0.29, 0.717) is 4.83 Å². The highest BCUT2D eigenvalue weighted by molar-refractivity contribution is 7.18. The van der Waals surface area contributed by atoms with E-state index >= 15 is 0 Å². The van der Waals surface area contributed by atoms with E-state index in [1.54, 1.807) is 6.07 Å². The number of likely N-dealkylation sites (tertiary alicyclic amines) is 1. The van der Waals surface area contributed by atoms with E-state index in [4.69, 9.17) is 0 Å². The second-order valence-corrected chi connectivity index (χ2v) is 10.7. The van der Waals surface area contributed by atoms with Crippen LogP contribution in [-0.4, -0.2) is 51.8 Å². The monoisotopic (exact) mass is 471 g/mol. The average molecular weight is 472 g/mol. The smallest absolute Gasteiger partial charge is 0.355 e. The molecule has 0 bridgehead atoms. The van der Waals surface area contributed by atoms with Gasteiger partial charge in [-0.2, -0.15) is 13.2 Å². The molecule has 0 radical (unpaired) electrons. The van der Waals surface area contributed by atoms with Gasteiger partial charge in [-0.15, -0.1) is 11.3 Å². The number of nitrogens with zero attached hydrogens (tertiary/aromatic N) is 5. The van der Waals surface area contributed by atoms with Crippen LogP contribution in [0.15, 0.2) is 42.9 Å². The Morgan fingerprint density at radius 2 is 1.94 bits per heavy atom. The SMILES string of the molecule is Cn1ccc2ccc(CN3CC4(CCN(c5ncnc6sc(CC(F)(F)F)cc56)C4)C3)cc21. The van der Waals surface area contributed by atoms with Crippen molar-refractivity contribution >= 4 is 38.3 Å². The van der Waals surface area contributed by atoms with Crippen LogP contribution in [0.25, 0.3) is 21.1 Å². The van der Waals surface area contributed by atoms with E-state index in [0.717, 1.165) is 61.7 Å². The number of aryl methyl sites for hydroxylation is 1. The Morgan fingerprint density at radius 3 is 2.76 bits per heavy atom. The first-order chi connectivity index (χ1) is 15.8. The summed E-state index contributed by atoms with van der Waals surface area (Å²) in [5.41, 5.74) is 2.81. The fraction of sp³-hybridized carbons (Fsp3) is 0.417. The summed E-state index contributed by atoms with van der Waals surface area (Å²) in [5, 5.41) is 2.00. The molecule has 0 unspecified atom stereocenters. The maximum absolute atomic E-state index is 12.9. The zero-order valence-electron chi connectivity index (χ0n) is 18.3. The first-order valence-electron chi connectivity index (χ1n) is 11.1. The van der Waals surface area contributed by atoms with E-state index in [2.05, 4.69) is 61.8 Å². The quantitative estimate of drug-likeness (QED) is 0.420. The Balaban J connectivity index is 1.14. The first kappa shape index (κ1) is 20.9. The lowest BCUT2D eigenvalue weighted by molar-refractivity contribution is -0.126. The average Bonchev–Trinajstić information content (AvgIpc) is 3.43. The van der Waals surface area contributed by atoms with Gasteiger partial charge in [0.15, 0.2) is 0 Å². The second kappa shape index (κ2) is 7.43. The van der Waals surface area contributed by atoms with Gasteiger partial charge >= 0.3 is 6.18 Å². The molecule has 2 saturated heterocycles. The van der Waals surface area contributed by atoms with Crippen LogP contribution < -0.4 is 4.90 Å². The number of alkyl halides is 3. The van der Waals surface area contributed by atoms with Crippen LogP contribution in [0.1, 0.15) is 16.9 Å². The van der Waals surface area contributed by atoms with Gasteiger partial charge in [-0.05, 0) is 35.6 Å². The third kappa shape index (κ3) is 3.87. The van der Waals surface area contributed by atoms with Crippen LogP contribution in [0.3, 0.4) is 0 Å². The van der Waals surface area contributed by atoms with Crippen LogP contribution in [0.2, 0.25) is 0 Å². The molecular formula is C24H24F3N5S. The molecule has 4 aromatic rings. The molecule has 5 nitrogen and oxygen atoms in total. The van der Waals surface area contributed by atoms with Gasteiger partial charge in [-0.25, -0.2) is 9.97 Å². The molecule has 2 fully saturated rings. The molecule has 1 aromatic carbocycles. The number of fused-ring (bicyclic) bond motifs is 2. The molecule has 0 N–H and O–H groups in total. The molecule has 2 aliphatic rings. The molecular weight excluding hydrogens is 447 g/mol. The van der Waals surface area contributed by atoms with Gasteiger partial charge in [-0.3, -0.25) is 4.90 Å². The lowest BCUT2D eigenvalue weighted by atomic mass is 9.79. The van der Waals surface area contributed by atoms with Crippen molar-refractivity contribution < 1.29 is 13.2 Å². The topological polar surface area (TPSA) is 37.2 Å². The van der Waals surface area contributed by atoms with E-state index in [9.17, 15) is 13.2 Å². The minimum atomic E-state index is -4.22. The van der Waals surface area contributed by atoms with Crippen molar-refractivity contribution in [1.29, 1.82) is 0 Å². The summed E-state index contributed by atoms with van der Waals surface area (Å²) < 4.78 is 40.7. The molecule has 0 saturated carbocycles. The molecule has 0 aliphatic carbocycles. The zero-order chi connectivity index (χ0) is 22.8. The van der Waals surface area contributed by atoms with E-state index < -0.39 is 12.6 Å². The summed E-state index contributed by atoms with van der Waals surface area (Å²) in [4.78, 5) is 14.3. The Kier molecular flexibility index (Phi) is 4.71. The fourth-order valence-corrected chi connectivity index (χ4v) is 6.50. The van der Waals surface area contributed by atoms with Crippen molar-refractivity contribution in [2.45, 2.75) is 25.6 Å². The largest absolute Gasteiger partial charge is 0.393 e. The van der Waals surface area contributed by atoms with Crippen molar-refractivity contribution in [1.82, 2.24) is 19.4 Å². The molecule has 0 atom stereocenters. The minimum absolute atomic E-state index is 0.233. The Bertz CT molecular complexity index is 1340. The van der Waals surface area contributed by atoms with Crippen LogP contribution in [-0.2, 0) is 20.0 Å². The maximum atomic E-state index is 12.9. The van der Waals surface area contributed by atoms with Crippen LogP contribution in [0.4, 0.5) is 19.0 Å². The third-order valence-electron chi connectivity index (χ3n) is 6.95. The highest BCUT2D eigenvalue weighted by Gasteiger charge is 2.48. The van der Waals surface area contributed by atoms with Crippen molar-refractivity contribution in [3.63, 3.8) is 0 Å². The predicted molar refractivity (Wildman–Crippen MR) is 125 cm³/mol. The Hall–Kier alpha value is -2.65. The molecule has 0 amide bonds. The van der Waals surface area contributed by atoms with E-state index in [1.807, 2.05) is 0 Å². The van der Waals surface area contributed by atoms with Gasteiger partial charge in [-0.1, -0.05) is 12.1 Å². The first-order valence-corrected chi connectivity index (χ1v) is 11.9. The fourth-order valence-electron chi connectivity index (χ4n) is 5.48. The minimum Gasteiger partial charge on any atom is -0.355 e. The lowest BCUT2D eigenvalue weighted by Gasteiger charge is -2.48. The number of aromatic nitrogens is 3. The standard InChI is InChI=1S/C24H24F3N5S/c1-30-6-4-17-3-2-16(8-20(17)30)11-31-12-23(13-31)5-7-32(14-23)21-19-9-18(10-24(25,26)27)33-22(19)29-15-28-21/h2-4,6,8-9,15H,5,7,10-14H2,1H3. The summed E-state index contributed by atoms with van der Waals surface area (Å²) >= 11 is 1.11. The van der Waals surface area contributed by atoms with Crippen LogP contribution in [0, 0.1) is 5.41 Å². The number of thiophene rings is 1. The molecule has 3 aromatic heterocycles. The highest BCUT2D eigenvalue weighted by Crippen LogP contribution is 2.43. The number of hydrogen-bond donors (Lipinski definition) is 0. The normalized spacial score (nSPS) is 18.6. The highest BCUT2D eigenvalue weighted by atomic mass is 32.1. The van der Waals surface area contributed by atoms with Gasteiger partial charge in [0.1, 0.15) is 17.0 Å². The van der Waals surface area contributed by atoms with Crippen molar-refractivity contribution in [2.75, 3.05) is 31.1 Å². The number of anilines is 1. The lowest BCUT2D eigenvalue weighted by Crippen LogP contribution is -2.56. The van der Waals surface area contributed by atoms with E-state index in [-0.39, 0.29) is 10.3 Å². The van der Waals surface area contributed by atoms with Crippen molar-refractivity contribution in [3.05, 3.63) is 53.3 Å². The second-order valence-electron chi connectivity index (χ2n) is 9.56. The summed E-state index contributed by atoms with van der Waals surface area (Å²) in [7, 11) is 2.07. The number of halogens is 3. The molecule has 5 heterocycles. The maximum Gasteiger partial charge on any atom is 0.393 e. The van der Waals surface area contributed by atoms with E-state index in [1.165, 1.54) is 22.8 Å². The number of benzene rings is 1. The van der Waals surface area contributed by atoms with Crippen LogP contribution in [0.5, 0.6) is 0 Å². The molecule has 172 valence electrons. The number of hydrogen-bond acceptors (Lipinski definition) is 5. The summed E-state index contributed by atoms with van der Waals surface area (Å²) in [5.74, 6) is 0.772. The summed E-state index contributed by atoms with van der Waals surface area (Å²) in [6, 6.07) is 10.4. The van der Waals surface area contributed by atoms with Crippen molar-refractivity contribution in [2.24, 2.45) is 12.5 Å². The van der Waals surface area contributed by atoms with Gasteiger partial charge < -0.3 is 9.47 Å². The molecule has 1 spiro atoms. The van der Waals surface area contributed by atoms with Gasteiger partial charge in [0.05, 0.1) is 11.8 Å². The van der Waals surface area contributed by atoms with Gasteiger partial charge in [0, 0.05) is 61.8 Å². The third-order valence-corrected chi connectivity index (χ3v) is 7.99. The molecule has 33 heavy (non-hydrogen) atoms. The summed E-state index contributed by atoms with van der Waals surface area (Å²) in [6.07, 6.45) is -0.494. The molecule has 6 rings (SSSR count). The van der Waals surface area contributed by atoms with Crippen molar-refractivity contribution in [3.8, 4) is 0 Å². The zero-order valence-corrected chi connectivity index (χ0v) is 19.1. The van der Waals surface area contributed by atoms with Gasteiger partial charge in [0.2, 0.25) is 0 Å². The molecule has 9 heteroatoms. The number of rotatable bonds is 4. The van der Waals surface area contributed by atoms with Crippen LogP contribution >= 0.6 is 11.3 Å². The predicted octanol–water partition coefficient (Wildman–Crippen LogP) is 5.00. The van der Waals surface area contributed by atoms with Gasteiger partial charge in [0.25, 0.3) is 0 Å². The Morgan fingerprint density at radius 1 is 1.09 bits per heavy atom. The summed E-state index contributed by atoms with van der Waals surface area (Å²) in [6.45, 7) is 4.76.